The number of nitrogens with zero attached hydrogens (tertiary/aromatic N) is 1. The van der Waals surface area contributed by atoms with Crippen molar-refractivity contribution < 1.29 is 4.79 Å². The van der Waals surface area contributed by atoms with Crippen LogP contribution in [-0.2, 0) is 0 Å². The maximum absolute atomic E-state index is 12.2. The highest BCUT2D eigenvalue weighted by Gasteiger charge is 2.04. The number of hydrogen-bond donors (Lipinski definition) is 1. The topological polar surface area (TPSA) is 41.5 Å². The molecule has 0 radical (unpaired) electrons. The van der Waals surface area contributed by atoms with Gasteiger partial charge in [0.1, 0.15) is 0 Å². The first-order valence-electron chi connectivity index (χ1n) is 8.04. The molecular formula is C22H18N2O. The summed E-state index contributed by atoms with van der Waals surface area (Å²) >= 11 is 0. The Kier molecular flexibility index (Phi) is 5.52. The number of nitrogens with one attached hydrogen (secondary N) is 1. The van der Waals surface area contributed by atoms with Crippen molar-refractivity contribution in [3.05, 3.63) is 114 Å². The lowest BCUT2D eigenvalue weighted by Gasteiger charge is -2.04. The van der Waals surface area contributed by atoms with Crippen LogP contribution in [0.5, 0.6) is 0 Å². The molecule has 3 aromatic carbocycles. The minimum atomic E-state index is -0.234. The molecule has 3 aromatic rings. The molecule has 25 heavy (non-hydrogen) atoms. The maximum atomic E-state index is 12.2. The summed E-state index contributed by atoms with van der Waals surface area (Å²) in [5.41, 5.74) is 5.90. The summed E-state index contributed by atoms with van der Waals surface area (Å²) in [6.45, 7) is 0. The highest BCUT2D eigenvalue weighted by molar-refractivity contribution is 6.11. The molecule has 0 saturated carbocycles. The second-order valence-electron chi connectivity index (χ2n) is 5.41. The zero-order chi connectivity index (χ0) is 17.3. The predicted octanol–water partition coefficient (Wildman–Crippen LogP) is 4.53. The van der Waals surface area contributed by atoms with E-state index in [4.69, 9.17) is 0 Å². The van der Waals surface area contributed by atoms with Crippen LogP contribution in [0.25, 0.3) is 6.08 Å². The Morgan fingerprint density at radius 1 is 0.720 bits per heavy atom. The summed E-state index contributed by atoms with van der Waals surface area (Å²) in [5, 5.41) is 4.32. The van der Waals surface area contributed by atoms with Gasteiger partial charge in [0.25, 0.3) is 5.91 Å². The molecule has 0 heterocycles. The number of allylic oxidation sites excluding steroid dienone is 1. The van der Waals surface area contributed by atoms with Gasteiger partial charge in [-0.3, -0.25) is 4.79 Å². The summed E-state index contributed by atoms with van der Waals surface area (Å²) in [6.07, 6.45) is 3.87. The van der Waals surface area contributed by atoms with Crippen LogP contribution in [0.1, 0.15) is 21.5 Å². The maximum Gasteiger partial charge on any atom is 0.271 e. The van der Waals surface area contributed by atoms with Gasteiger partial charge in [-0.15, -0.1) is 0 Å². The van der Waals surface area contributed by atoms with E-state index in [9.17, 15) is 4.79 Å². The van der Waals surface area contributed by atoms with Gasteiger partial charge in [-0.2, -0.15) is 5.10 Å². The molecule has 3 rings (SSSR count). The Labute approximate surface area is 147 Å². The average molecular weight is 326 g/mol. The lowest BCUT2D eigenvalue weighted by Crippen LogP contribution is -2.19. The molecule has 0 unspecified atom stereocenters. The van der Waals surface area contributed by atoms with Gasteiger partial charge in [-0.1, -0.05) is 84.9 Å². The van der Waals surface area contributed by atoms with E-state index in [1.807, 2.05) is 91.0 Å². The van der Waals surface area contributed by atoms with Crippen LogP contribution >= 0.6 is 0 Å². The number of hydrogen-bond acceptors (Lipinski definition) is 2. The van der Waals surface area contributed by atoms with Crippen LogP contribution in [0.2, 0.25) is 0 Å². The van der Waals surface area contributed by atoms with E-state index >= 15 is 0 Å². The first kappa shape index (κ1) is 16.4. The van der Waals surface area contributed by atoms with Crippen molar-refractivity contribution >= 4 is 17.7 Å². The summed E-state index contributed by atoms with van der Waals surface area (Å²) in [7, 11) is 0. The zero-order valence-corrected chi connectivity index (χ0v) is 13.7. The van der Waals surface area contributed by atoms with Crippen LogP contribution in [0.4, 0.5) is 0 Å². The fraction of sp³-hybridized carbons (Fsp3) is 0. The molecule has 0 saturated heterocycles. The van der Waals surface area contributed by atoms with E-state index in [2.05, 4.69) is 10.5 Å². The molecule has 0 aliphatic carbocycles. The minimum Gasteiger partial charge on any atom is -0.267 e. The van der Waals surface area contributed by atoms with Crippen molar-refractivity contribution in [3.63, 3.8) is 0 Å². The van der Waals surface area contributed by atoms with Crippen LogP contribution < -0.4 is 5.43 Å². The zero-order valence-electron chi connectivity index (χ0n) is 13.7. The molecule has 122 valence electrons. The molecule has 3 nitrogen and oxygen atoms in total. The Morgan fingerprint density at radius 2 is 1.24 bits per heavy atom. The lowest BCUT2D eigenvalue weighted by atomic mass is 10.1. The molecule has 0 aliphatic rings. The van der Waals surface area contributed by atoms with Gasteiger partial charge in [0, 0.05) is 11.1 Å². The average Bonchev–Trinajstić information content (AvgIpc) is 2.70. The molecule has 0 spiro atoms. The largest absolute Gasteiger partial charge is 0.271 e. The number of hydrazone groups is 1. The van der Waals surface area contributed by atoms with E-state index in [-0.39, 0.29) is 5.91 Å². The molecule has 0 aliphatic heterocycles. The standard InChI is InChI=1S/C22H18N2O/c25-22(20-14-8-3-9-15-20)24-23-21(19-12-6-2-7-13-19)17-16-18-10-4-1-5-11-18/h1-17H,(H,24,25)/b17-16+,23-21+. The molecule has 1 amide bonds. The quantitative estimate of drug-likeness (QED) is 0.543. The Balaban J connectivity index is 1.84. The highest BCUT2D eigenvalue weighted by atomic mass is 16.2. The first-order chi connectivity index (χ1) is 12.3. The monoisotopic (exact) mass is 326 g/mol. The first-order valence-corrected chi connectivity index (χ1v) is 8.04. The van der Waals surface area contributed by atoms with Gasteiger partial charge in [0.2, 0.25) is 0 Å². The summed E-state index contributed by atoms with van der Waals surface area (Å²) in [6, 6.07) is 28.8. The number of rotatable bonds is 5. The molecule has 3 heteroatoms. The van der Waals surface area contributed by atoms with Gasteiger partial charge in [0.05, 0.1) is 5.71 Å². The third kappa shape index (κ3) is 4.75. The number of amides is 1. The summed E-state index contributed by atoms with van der Waals surface area (Å²) in [4.78, 5) is 12.2. The Hall–Kier alpha value is -3.46. The third-order valence-electron chi connectivity index (χ3n) is 3.62. The fourth-order valence-electron chi connectivity index (χ4n) is 2.31. The molecule has 1 N–H and O–H groups in total. The minimum absolute atomic E-state index is 0.234. The molecule has 0 atom stereocenters. The van der Waals surface area contributed by atoms with Crippen LogP contribution in [0.3, 0.4) is 0 Å². The van der Waals surface area contributed by atoms with E-state index in [1.165, 1.54) is 0 Å². The smallest absolute Gasteiger partial charge is 0.267 e. The van der Waals surface area contributed by atoms with Crippen LogP contribution in [0.15, 0.2) is 102 Å². The van der Waals surface area contributed by atoms with Crippen molar-refractivity contribution in [1.82, 2.24) is 5.43 Å². The summed E-state index contributed by atoms with van der Waals surface area (Å²) < 4.78 is 0. The van der Waals surface area contributed by atoms with E-state index < -0.39 is 0 Å². The predicted molar refractivity (Wildman–Crippen MR) is 102 cm³/mol. The Bertz CT molecular complexity index is 870. The number of benzene rings is 3. The van der Waals surface area contributed by atoms with Crippen molar-refractivity contribution in [2.75, 3.05) is 0 Å². The third-order valence-corrected chi connectivity index (χ3v) is 3.62. The fourth-order valence-corrected chi connectivity index (χ4v) is 2.31. The Morgan fingerprint density at radius 3 is 1.84 bits per heavy atom. The molecular weight excluding hydrogens is 308 g/mol. The second kappa shape index (κ2) is 8.41. The van der Waals surface area contributed by atoms with Crippen molar-refractivity contribution in [2.24, 2.45) is 5.10 Å². The van der Waals surface area contributed by atoms with Crippen LogP contribution in [0, 0.1) is 0 Å². The van der Waals surface area contributed by atoms with Crippen molar-refractivity contribution in [1.29, 1.82) is 0 Å². The van der Waals surface area contributed by atoms with Gasteiger partial charge < -0.3 is 0 Å². The van der Waals surface area contributed by atoms with E-state index in [0.717, 1.165) is 11.1 Å². The molecule has 0 fully saturated rings. The number of carbonyl (C=O) groups excluding carboxylic acids is 1. The lowest BCUT2D eigenvalue weighted by molar-refractivity contribution is 0.0955. The SMILES string of the molecule is O=C(N/N=C(\C=C\c1ccccc1)c1ccccc1)c1ccccc1. The van der Waals surface area contributed by atoms with Gasteiger partial charge in [0.15, 0.2) is 0 Å². The van der Waals surface area contributed by atoms with Crippen molar-refractivity contribution in [3.8, 4) is 0 Å². The van der Waals surface area contributed by atoms with Gasteiger partial charge in [-0.05, 0) is 23.8 Å². The van der Waals surface area contributed by atoms with Crippen molar-refractivity contribution in [2.45, 2.75) is 0 Å². The molecule has 0 bridgehead atoms. The normalized spacial score (nSPS) is 11.4. The molecule has 0 aromatic heterocycles. The summed E-state index contributed by atoms with van der Waals surface area (Å²) in [5.74, 6) is -0.234. The van der Waals surface area contributed by atoms with Crippen LogP contribution in [-0.4, -0.2) is 11.6 Å². The van der Waals surface area contributed by atoms with Gasteiger partial charge in [-0.25, -0.2) is 5.43 Å². The highest BCUT2D eigenvalue weighted by Crippen LogP contribution is 2.07. The van der Waals surface area contributed by atoms with Gasteiger partial charge >= 0.3 is 0 Å². The van der Waals surface area contributed by atoms with E-state index in [0.29, 0.717) is 11.3 Å². The van der Waals surface area contributed by atoms with E-state index in [1.54, 1.807) is 12.1 Å². The second-order valence-corrected chi connectivity index (χ2v) is 5.41. The number of carbonyl (C=O) groups is 1.